The van der Waals surface area contributed by atoms with Crippen molar-refractivity contribution >= 4 is 34.9 Å². The first-order valence-electron chi connectivity index (χ1n) is 5.96. The van der Waals surface area contributed by atoms with Gasteiger partial charge in [0.25, 0.3) is 0 Å². The zero-order valence-corrected chi connectivity index (χ0v) is 11.3. The molecule has 0 radical (unpaired) electrons. The molecule has 1 fully saturated rings. The van der Waals surface area contributed by atoms with Gasteiger partial charge in [-0.05, 0) is 30.0 Å². The predicted molar refractivity (Wildman–Crippen MR) is 73.2 cm³/mol. The molecule has 3 N–H and O–H groups in total. The van der Waals surface area contributed by atoms with E-state index in [4.69, 9.17) is 28.9 Å². The normalized spacial score (nSPS) is 17.2. The first kappa shape index (κ1) is 13.5. The molecule has 1 aliphatic rings. The number of halogens is 2. The van der Waals surface area contributed by atoms with E-state index in [1.54, 1.807) is 6.07 Å². The van der Waals surface area contributed by atoms with E-state index in [-0.39, 0.29) is 0 Å². The SMILES string of the molecule is Nc1c(Cl)cc(Cl)cc1C(CC1CCC1)C(=O)O. The molecule has 5 heteroatoms. The Kier molecular flexibility index (Phi) is 4.03. The summed E-state index contributed by atoms with van der Waals surface area (Å²) in [5.41, 5.74) is 6.73. The fraction of sp³-hybridized carbons (Fsp3) is 0.462. The minimum Gasteiger partial charge on any atom is -0.481 e. The van der Waals surface area contributed by atoms with Gasteiger partial charge >= 0.3 is 5.97 Å². The fourth-order valence-corrected chi connectivity index (χ4v) is 2.82. The van der Waals surface area contributed by atoms with Crippen LogP contribution in [-0.2, 0) is 4.79 Å². The van der Waals surface area contributed by atoms with Crippen LogP contribution in [0.1, 0.15) is 37.2 Å². The van der Waals surface area contributed by atoms with E-state index < -0.39 is 11.9 Å². The van der Waals surface area contributed by atoms with Crippen LogP contribution >= 0.6 is 23.2 Å². The average Bonchev–Trinajstić information content (AvgIpc) is 2.22. The summed E-state index contributed by atoms with van der Waals surface area (Å²) in [5.74, 6) is -1.01. The van der Waals surface area contributed by atoms with Gasteiger partial charge in [0.1, 0.15) is 0 Å². The smallest absolute Gasteiger partial charge is 0.311 e. The highest BCUT2D eigenvalue weighted by atomic mass is 35.5. The highest BCUT2D eigenvalue weighted by Gasteiger charge is 2.29. The molecule has 0 bridgehead atoms. The molecule has 2 rings (SSSR count). The molecule has 0 spiro atoms. The van der Waals surface area contributed by atoms with E-state index in [2.05, 4.69) is 0 Å². The fourth-order valence-electron chi connectivity index (χ4n) is 2.32. The second kappa shape index (κ2) is 5.37. The van der Waals surface area contributed by atoms with Crippen LogP contribution in [0.25, 0.3) is 0 Å². The number of carboxylic acid groups (broad SMARTS) is 1. The van der Waals surface area contributed by atoms with Crippen LogP contribution in [0.2, 0.25) is 10.0 Å². The number of hydrogen-bond donors (Lipinski definition) is 2. The molecule has 1 saturated carbocycles. The van der Waals surface area contributed by atoms with Crippen molar-refractivity contribution in [2.75, 3.05) is 5.73 Å². The quantitative estimate of drug-likeness (QED) is 0.825. The summed E-state index contributed by atoms with van der Waals surface area (Å²) in [6, 6.07) is 3.14. The highest BCUT2D eigenvalue weighted by molar-refractivity contribution is 6.36. The summed E-state index contributed by atoms with van der Waals surface area (Å²) < 4.78 is 0. The van der Waals surface area contributed by atoms with Crippen molar-refractivity contribution in [3.05, 3.63) is 27.7 Å². The van der Waals surface area contributed by atoms with Crippen LogP contribution in [0.5, 0.6) is 0 Å². The van der Waals surface area contributed by atoms with Crippen LogP contribution in [0.4, 0.5) is 5.69 Å². The van der Waals surface area contributed by atoms with Gasteiger partial charge in [0, 0.05) is 5.02 Å². The molecule has 0 saturated heterocycles. The van der Waals surface area contributed by atoms with E-state index >= 15 is 0 Å². The third kappa shape index (κ3) is 2.73. The van der Waals surface area contributed by atoms with E-state index in [0.29, 0.717) is 33.6 Å². The molecule has 1 aromatic carbocycles. The summed E-state index contributed by atoms with van der Waals surface area (Å²) in [7, 11) is 0. The number of anilines is 1. The lowest BCUT2D eigenvalue weighted by molar-refractivity contribution is -0.139. The Labute approximate surface area is 116 Å². The van der Waals surface area contributed by atoms with Gasteiger partial charge in [-0.25, -0.2) is 0 Å². The molecule has 0 aromatic heterocycles. The predicted octanol–water partition coefficient (Wildman–Crippen LogP) is 3.93. The second-order valence-electron chi connectivity index (χ2n) is 4.81. The summed E-state index contributed by atoms with van der Waals surface area (Å²) in [6.07, 6.45) is 3.98. The van der Waals surface area contributed by atoms with Gasteiger partial charge in [-0.1, -0.05) is 42.5 Å². The van der Waals surface area contributed by atoms with Gasteiger partial charge in [-0.15, -0.1) is 0 Å². The van der Waals surface area contributed by atoms with E-state index in [1.807, 2.05) is 0 Å². The molecule has 0 amide bonds. The molecule has 18 heavy (non-hydrogen) atoms. The van der Waals surface area contributed by atoms with Gasteiger partial charge in [0.2, 0.25) is 0 Å². The first-order valence-corrected chi connectivity index (χ1v) is 6.72. The maximum absolute atomic E-state index is 11.4. The third-order valence-corrected chi connectivity index (χ3v) is 4.12. The average molecular weight is 288 g/mol. The monoisotopic (exact) mass is 287 g/mol. The van der Waals surface area contributed by atoms with Crippen molar-refractivity contribution in [3.8, 4) is 0 Å². The Morgan fingerprint density at radius 3 is 2.61 bits per heavy atom. The molecule has 1 unspecified atom stereocenters. The molecule has 0 aliphatic heterocycles. The number of aliphatic carboxylic acids is 1. The van der Waals surface area contributed by atoms with Crippen molar-refractivity contribution in [3.63, 3.8) is 0 Å². The Morgan fingerprint density at radius 2 is 2.11 bits per heavy atom. The van der Waals surface area contributed by atoms with Gasteiger partial charge in [-0.3, -0.25) is 4.79 Å². The maximum atomic E-state index is 11.4. The summed E-state index contributed by atoms with van der Waals surface area (Å²) in [6.45, 7) is 0. The molecule has 1 atom stereocenters. The highest BCUT2D eigenvalue weighted by Crippen LogP contribution is 2.40. The lowest BCUT2D eigenvalue weighted by Crippen LogP contribution is -2.21. The van der Waals surface area contributed by atoms with Crippen LogP contribution in [-0.4, -0.2) is 11.1 Å². The lowest BCUT2D eigenvalue weighted by Gasteiger charge is -2.28. The Balaban J connectivity index is 2.32. The number of nitrogen functional groups attached to an aromatic ring is 1. The molecule has 3 nitrogen and oxygen atoms in total. The number of rotatable bonds is 4. The molecule has 98 valence electrons. The van der Waals surface area contributed by atoms with Gasteiger partial charge in [-0.2, -0.15) is 0 Å². The standard InChI is InChI=1S/C13H15Cl2NO2/c14-8-5-9(12(16)11(15)6-8)10(13(17)18)4-7-2-1-3-7/h5-7,10H,1-4,16H2,(H,17,18). The molecule has 1 aliphatic carbocycles. The van der Waals surface area contributed by atoms with Crippen molar-refractivity contribution in [1.29, 1.82) is 0 Å². The molecule has 1 aromatic rings. The Morgan fingerprint density at radius 1 is 1.44 bits per heavy atom. The van der Waals surface area contributed by atoms with Gasteiger partial charge in [0.15, 0.2) is 0 Å². The van der Waals surface area contributed by atoms with Crippen molar-refractivity contribution in [2.45, 2.75) is 31.6 Å². The van der Waals surface area contributed by atoms with Gasteiger partial charge in [0.05, 0.1) is 16.6 Å². The number of carboxylic acids is 1. The molecular weight excluding hydrogens is 273 g/mol. The van der Waals surface area contributed by atoms with Crippen LogP contribution in [0.3, 0.4) is 0 Å². The van der Waals surface area contributed by atoms with E-state index in [9.17, 15) is 9.90 Å². The number of hydrogen-bond acceptors (Lipinski definition) is 2. The number of benzene rings is 1. The van der Waals surface area contributed by atoms with Crippen molar-refractivity contribution in [2.24, 2.45) is 5.92 Å². The van der Waals surface area contributed by atoms with E-state index in [1.165, 1.54) is 12.5 Å². The lowest BCUT2D eigenvalue weighted by atomic mass is 9.77. The van der Waals surface area contributed by atoms with Gasteiger partial charge < -0.3 is 10.8 Å². The molecular formula is C13H15Cl2NO2. The van der Waals surface area contributed by atoms with Crippen molar-refractivity contribution in [1.82, 2.24) is 0 Å². The Hall–Kier alpha value is -0.930. The summed E-state index contributed by atoms with van der Waals surface area (Å²) in [4.78, 5) is 11.4. The van der Waals surface area contributed by atoms with E-state index in [0.717, 1.165) is 12.8 Å². The minimum atomic E-state index is -0.869. The summed E-state index contributed by atoms with van der Waals surface area (Å²) in [5, 5.41) is 10.1. The van der Waals surface area contributed by atoms with Crippen LogP contribution < -0.4 is 5.73 Å². The Bertz CT molecular complexity index is 472. The maximum Gasteiger partial charge on any atom is 0.311 e. The third-order valence-electron chi connectivity index (χ3n) is 3.59. The van der Waals surface area contributed by atoms with Crippen LogP contribution in [0, 0.1) is 5.92 Å². The topological polar surface area (TPSA) is 63.3 Å². The number of carbonyl (C=O) groups is 1. The zero-order valence-electron chi connectivity index (χ0n) is 9.83. The van der Waals surface area contributed by atoms with Crippen LogP contribution in [0.15, 0.2) is 12.1 Å². The molecule has 0 heterocycles. The second-order valence-corrected chi connectivity index (χ2v) is 5.66. The minimum absolute atomic E-state index is 0.317. The largest absolute Gasteiger partial charge is 0.481 e. The number of nitrogens with two attached hydrogens (primary N) is 1. The van der Waals surface area contributed by atoms with Crippen molar-refractivity contribution < 1.29 is 9.90 Å². The zero-order chi connectivity index (χ0) is 13.3. The first-order chi connectivity index (χ1) is 8.49. The summed E-state index contributed by atoms with van der Waals surface area (Å²) >= 11 is 11.9.